The van der Waals surface area contributed by atoms with Gasteiger partial charge in [0.15, 0.2) is 17.5 Å². The molecule has 8 aliphatic rings. The van der Waals surface area contributed by atoms with E-state index in [1.165, 1.54) is 13.8 Å². The Labute approximate surface area is 274 Å². The maximum absolute atomic E-state index is 14.8. The van der Waals surface area contributed by atoms with Crippen molar-refractivity contribution in [3.63, 3.8) is 0 Å². The van der Waals surface area contributed by atoms with Crippen LogP contribution in [0.15, 0.2) is 0 Å². The zero-order chi connectivity index (χ0) is 34.1. The topological polar surface area (TPSA) is 182 Å². The molecule has 8 fully saturated rings. The molecule has 5 saturated carbocycles. The lowest BCUT2D eigenvalue weighted by Crippen LogP contribution is -2.70. The molecule has 3 aliphatic heterocycles. The Morgan fingerprint density at radius 3 is 2.32 bits per heavy atom. The van der Waals surface area contributed by atoms with Crippen LogP contribution in [0.1, 0.15) is 74.7 Å². The lowest BCUT2D eigenvalue weighted by atomic mass is 9.41. The molecule has 1 spiro atoms. The van der Waals surface area contributed by atoms with Gasteiger partial charge in [0, 0.05) is 47.8 Å². The van der Waals surface area contributed by atoms with Gasteiger partial charge in [0.25, 0.3) is 0 Å². The molecule has 0 radical (unpaired) electrons. The summed E-state index contributed by atoms with van der Waals surface area (Å²) in [5.74, 6) is -7.83. The Bertz CT molecular complexity index is 1460. The quantitative estimate of drug-likeness (QED) is 0.225. The summed E-state index contributed by atoms with van der Waals surface area (Å²) < 4.78 is 30.1. The number of ketones is 1. The van der Waals surface area contributed by atoms with E-state index in [9.17, 15) is 34.5 Å². The number of carbonyl (C=O) groups is 4. The molecule has 0 unspecified atom stereocenters. The molecule has 19 atom stereocenters. The highest BCUT2D eigenvalue weighted by molar-refractivity contribution is 5.90. The van der Waals surface area contributed by atoms with Crippen LogP contribution in [0.5, 0.6) is 0 Å². The average Bonchev–Trinajstić information content (AvgIpc) is 3.87. The number of Topliss-reactive ketones (excluding diaryl/α,β-unsaturated/α-hetero) is 1. The minimum absolute atomic E-state index is 0.0184. The second-order valence-corrected chi connectivity index (χ2v) is 17.3. The van der Waals surface area contributed by atoms with Crippen LogP contribution < -0.4 is 0 Å². The summed E-state index contributed by atoms with van der Waals surface area (Å²) in [5, 5.41) is 37.0. The van der Waals surface area contributed by atoms with Gasteiger partial charge in [0.05, 0.1) is 23.7 Å². The van der Waals surface area contributed by atoms with E-state index >= 15 is 0 Å². The van der Waals surface area contributed by atoms with Crippen LogP contribution in [0.3, 0.4) is 0 Å². The molecule has 0 aromatic carbocycles. The highest BCUT2D eigenvalue weighted by Crippen LogP contribution is 2.80. The summed E-state index contributed by atoms with van der Waals surface area (Å²) in [6.07, 6.45) is -4.76. The molecule has 3 N–H and O–H groups in total. The number of epoxide rings is 2. The van der Waals surface area contributed by atoms with Crippen molar-refractivity contribution < 1.29 is 58.2 Å². The standard InChI is InChI=1S/C35H48O12/c1-12(2)9-19(38)45-27-20-15(31(5)16(24(27)39)10-17-26(44-17)29(31)43-14(4)36)11-18(37)32(6)21-13(3)28-35(46-28)33(7,23(21)25(40)22(20)32)34(8,42)30(41)47-35/h12-13,15-18,20-23,25-29,37,40,42H,9-11H2,1-8H3/t13-,15-,16+,17-,18-,20+,21-,22+,23-,25+,26-,27+,28+,29-,31+,32+,33-,34+,35-/m0/s1. The fraction of sp³-hybridized carbons (Fsp3) is 0.886. The fourth-order valence-corrected chi connectivity index (χ4v) is 12.8. The van der Waals surface area contributed by atoms with Gasteiger partial charge >= 0.3 is 17.9 Å². The summed E-state index contributed by atoms with van der Waals surface area (Å²) >= 11 is 0. The highest BCUT2D eigenvalue weighted by atomic mass is 16.8. The van der Waals surface area contributed by atoms with E-state index in [1.54, 1.807) is 6.92 Å². The predicted molar refractivity (Wildman–Crippen MR) is 159 cm³/mol. The van der Waals surface area contributed by atoms with Gasteiger partial charge in [-0.05, 0) is 50.4 Å². The van der Waals surface area contributed by atoms with Crippen molar-refractivity contribution in [2.75, 3.05) is 0 Å². The van der Waals surface area contributed by atoms with E-state index in [0.29, 0.717) is 6.42 Å². The van der Waals surface area contributed by atoms with Crippen molar-refractivity contribution in [1.29, 1.82) is 0 Å². The first-order chi connectivity index (χ1) is 21.8. The number of fused-ring (bicyclic) bond motifs is 9. The second kappa shape index (κ2) is 9.35. The molecule has 12 nitrogen and oxygen atoms in total. The third-order valence-electron chi connectivity index (χ3n) is 15.0. The van der Waals surface area contributed by atoms with Crippen molar-refractivity contribution >= 4 is 23.7 Å². The first-order valence-electron chi connectivity index (χ1n) is 17.4. The van der Waals surface area contributed by atoms with Crippen molar-refractivity contribution in [1.82, 2.24) is 0 Å². The summed E-state index contributed by atoms with van der Waals surface area (Å²) in [6.45, 7) is 14.0. The smallest absolute Gasteiger partial charge is 0.341 e. The molecule has 0 bridgehead atoms. The molecule has 260 valence electrons. The molecule has 3 saturated heterocycles. The third-order valence-corrected chi connectivity index (χ3v) is 15.0. The first-order valence-corrected chi connectivity index (χ1v) is 17.4. The van der Waals surface area contributed by atoms with E-state index in [0.717, 1.165) is 0 Å². The Balaban J connectivity index is 1.30. The van der Waals surface area contributed by atoms with E-state index in [-0.39, 0.29) is 36.6 Å². The van der Waals surface area contributed by atoms with Gasteiger partial charge in [0.2, 0.25) is 5.79 Å². The molecule has 5 aliphatic carbocycles. The van der Waals surface area contributed by atoms with Gasteiger partial charge in [-0.25, -0.2) is 4.79 Å². The van der Waals surface area contributed by atoms with Gasteiger partial charge in [0.1, 0.15) is 18.3 Å². The Morgan fingerprint density at radius 2 is 1.68 bits per heavy atom. The molecule has 47 heavy (non-hydrogen) atoms. The molecule has 12 heteroatoms. The molecule has 0 aromatic rings. The molecular formula is C35H48O12. The first kappa shape index (κ1) is 32.1. The largest absolute Gasteiger partial charge is 0.459 e. The van der Waals surface area contributed by atoms with Crippen molar-refractivity contribution in [3.8, 4) is 0 Å². The van der Waals surface area contributed by atoms with E-state index in [4.69, 9.17) is 23.7 Å². The minimum Gasteiger partial charge on any atom is -0.459 e. The summed E-state index contributed by atoms with van der Waals surface area (Å²) in [5.41, 5.74) is -5.42. The van der Waals surface area contributed by atoms with Crippen LogP contribution in [-0.4, -0.2) is 93.1 Å². The lowest BCUT2D eigenvalue weighted by Gasteiger charge is -2.63. The van der Waals surface area contributed by atoms with Crippen molar-refractivity contribution in [3.05, 3.63) is 0 Å². The van der Waals surface area contributed by atoms with Crippen LogP contribution in [0.2, 0.25) is 0 Å². The van der Waals surface area contributed by atoms with Crippen LogP contribution in [0.4, 0.5) is 0 Å². The van der Waals surface area contributed by atoms with Gasteiger partial charge < -0.3 is 39.0 Å². The number of aliphatic hydroxyl groups is 3. The van der Waals surface area contributed by atoms with E-state index in [2.05, 4.69) is 0 Å². The van der Waals surface area contributed by atoms with E-state index in [1.807, 2.05) is 34.6 Å². The third kappa shape index (κ3) is 3.52. The number of ether oxygens (including phenoxy) is 5. The summed E-state index contributed by atoms with van der Waals surface area (Å²) in [7, 11) is 0. The molecule has 0 aromatic heterocycles. The van der Waals surface area contributed by atoms with Crippen molar-refractivity contribution in [2.24, 2.45) is 63.6 Å². The van der Waals surface area contributed by atoms with Gasteiger partial charge in [-0.3, -0.25) is 14.4 Å². The zero-order valence-electron chi connectivity index (χ0n) is 28.3. The summed E-state index contributed by atoms with van der Waals surface area (Å²) in [4.78, 5) is 53.9. The van der Waals surface area contributed by atoms with Crippen LogP contribution in [-0.2, 0) is 42.9 Å². The number of hydrogen-bond acceptors (Lipinski definition) is 12. The molecule has 8 rings (SSSR count). The van der Waals surface area contributed by atoms with Crippen LogP contribution in [0.25, 0.3) is 0 Å². The van der Waals surface area contributed by atoms with Crippen molar-refractivity contribution in [2.45, 2.75) is 129 Å². The molecule has 0 amide bonds. The lowest BCUT2D eigenvalue weighted by molar-refractivity contribution is -0.233. The van der Waals surface area contributed by atoms with Crippen LogP contribution >= 0.6 is 0 Å². The Kier molecular flexibility index (Phi) is 6.39. The molecular weight excluding hydrogens is 612 g/mol. The van der Waals surface area contributed by atoms with Gasteiger partial charge in [-0.2, -0.15) is 0 Å². The SMILES string of the molecule is CC(=O)O[C@H]1[C@H]2O[C@H]2C[C@@H]2C(=O)[C@H](OC(=O)CC(C)C)[C@H]3[C@@H]4[C@@H](O)[C@@H]5[C@H]([C@H](C)[C@H]6O[C@]67OC(=O)[C@@](C)(O)[C@]57C)[C@@]4(C)[C@@H](O)C[C@@H]3[C@]21C. The predicted octanol–water partition coefficient (Wildman–Crippen LogP) is 1.54. The number of esters is 3. The maximum atomic E-state index is 14.8. The Hall–Kier alpha value is -2.12. The Morgan fingerprint density at radius 1 is 1.00 bits per heavy atom. The highest BCUT2D eigenvalue weighted by Gasteiger charge is 2.92. The average molecular weight is 661 g/mol. The van der Waals surface area contributed by atoms with Gasteiger partial charge in [-0.1, -0.05) is 34.6 Å². The number of hydrogen-bond donors (Lipinski definition) is 3. The number of rotatable bonds is 4. The maximum Gasteiger partial charge on any atom is 0.341 e. The summed E-state index contributed by atoms with van der Waals surface area (Å²) in [6, 6.07) is 0. The number of carbonyl (C=O) groups excluding carboxylic acids is 4. The van der Waals surface area contributed by atoms with E-state index < -0.39 is 118 Å². The number of aliphatic hydroxyl groups excluding tert-OH is 2. The molecule has 3 heterocycles. The van der Waals surface area contributed by atoms with Gasteiger partial charge in [-0.15, -0.1) is 0 Å². The van der Waals surface area contributed by atoms with Crippen LogP contribution in [0, 0.1) is 63.6 Å². The minimum atomic E-state index is -2.01. The fourth-order valence-electron chi connectivity index (χ4n) is 12.8. The second-order valence-electron chi connectivity index (χ2n) is 17.3. The monoisotopic (exact) mass is 660 g/mol. The zero-order valence-corrected chi connectivity index (χ0v) is 28.3. The normalized spacial score (nSPS) is 59.3.